The zero-order chi connectivity index (χ0) is 9.97. The average molecular weight is 206 g/mol. The van der Waals surface area contributed by atoms with E-state index in [4.69, 9.17) is 4.74 Å². The van der Waals surface area contributed by atoms with Crippen molar-refractivity contribution in [1.29, 1.82) is 0 Å². The largest absolute Gasteiger partial charge is 0.484 e. The monoisotopic (exact) mass is 206 g/mol. The first-order valence-corrected chi connectivity index (χ1v) is 5.80. The van der Waals surface area contributed by atoms with Gasteiger partial charge in [-0.1, -0.05) is 41.6 Å². The molecule has 1 atom stereocenters. The fourth-order valence-electron chi connectivity index (χ4n) is 1.34. The van der Waals surface area contributed by atoms with Gasteiger partial charge in [-0.15, -0.1) is 0 Å². The topological polar surface area (TPSA) is 9.23 Å². The SMILES string of the molecule is Cc1ccc(C=C2OC(C)CS2)cc1. The van der Waals surface area contributed by atoms with Crippen LogP contribution in [0.4, 0.5) is 0 Å². The van der Waals surface area contributed by atoms with E-state index in [0.717, 1.165) is 10.8 Å². The van der Waals surface area contributed by atoms with Gasteiger partial charge in [-0.3, -0.25) is 0 Å². The van der Waals surface area contributed by atoms with E-state index in [1.165, 1.54) is 11.1 Å². The van der Waals surface area contributed by atoms with Gasteiger partial charge in [0.05, 0.1) is 0 Å². The molecule has 1 nitrogen and oxygen atoms in total. The Bertz CT molecular complexity index is 340. The lowest BCUT2D eigenvalue weighted by Crippen LogP contribution is -1.99. The molecule has 0 saturated carbocycles. The first-order valence-electron chi connectivity index (χ1n) is 4.82. The van der Waals surface area contributed by atoms with Gasteiger partial charge in [-0.05, 0) is 25.5 Å². The van der Waals surface area contributed by atoms with E-state index in [9.17, 15) is 0 Å². The molecule has 1 saturated heterocycles. The Labute approximate surface area is 89.2 Å². The second-order valence-electron chi connectivity index (χ2n) is 3.61. The highest BCUT2D eigenvalue weighted by molar-refractivity contribution is 8.03. The number of ether oxygens (including phenoxy) is 1. The fourth-order valence-corrected chi connectivity index (χ4v) is 2.26. The number of hydrogen-bond acceptors (Lipinski definition) is 2. The average Bonchev–Trinajstić information content (AvgIpc) is 2.56. The normalized spacial score (nSPS) is 23.9. The molecule has 1 aliphatic rings. The molecule has 1 unspecified atom stereocenters. The standard InChI is InChI=1S/C12H14OS/c1-9-3-5-11(6-4-9)7-12-13-10(2)8-14-12/h3-7,10H,8H2,1-2H3. The summed E-state index contributed by atoms with van der Waals surface area (Å²) in [6, 6.07) is 8.48. The summed E-state index contributed by atoms with van der Waals surface area (Å²) in [6.07, 6.45) is 2.46. The van der Waals surface area contributed by atoms with Crippen LogP contribution >= 0.6 is 11.8 Å². The van der Waals surface area contributed by atoms with E-state index in [2.05, 4.69) is 44.2 Å². The van der Waals surface area contributed by atoms with Crippen LogP contribution < -0.4 is 0 Å². The third-order valence-electron chi connectivity index (χ3n) is 2.14. The lowest BCUT2D eigenvalue weighted by Gasteiger charge is -2.01. The molecule has 0 spiro atoms. The van der Waals surface area contributed by atoms with Crippen LogP contribution in [0.2, 0.25) is 0 Å². The molecule has 1 aromatic rings. The highest BCUT2D eigenvalue weighted by Crippen LogP contribution is 2.30. The van der Waals surface area contributed by atoms with Crippen molar-refractivity contribution in [2.24, 2.45) is 0 Å². The Morgan fingerprint density at radius 2 is 2.07 bits per heavy atom. The van der Waals surface area contributed by atoms with Crippen LogP contribution in [-0.4, -0.2) is 11.9 Å². The first-order chi connectivity index (χ1) is 6.74. The second-order valence-corrected chi connectivity index (χ2v) is 4.64. The van der Waals surface area contributed by atoms with Crippen molar-refractivity contribution >= 4 is 17.8 Å². The molecule has 0 aromatic heterocycles. The molecule has 74 valence electrons. The molecule has 0 radical (unpaired) electrons. The zero-order valence-electron chi connectivity index (χ0n) is 8.49. The highest BCUT2D eigenvalue weighted by Gasteiger charge is 2.15. The van der Waals surface area contributed by atoms with E-state index in [0.29, 0.717) is 6.10 Å². The molecule has 1 heterocycles. The molecule has 2 heteroatoms. The molecule has 2 rings (SSSR count). The summed E-state index contributed by atoms with van der Waals surface area (Å²) in [6.45, 7) is 4.20. The summed E-state index contributed by atoms with van der Waals surface area (Å²) in [4.78, 5) is 0. The molecule has 1 fully saturated rings. The van der Waals surface area contributed by atoms with Gasteiger partial charge in [0.2, 0.25) is 0 Å². The van der Waals surface area contributed by atoms with Crippen molar-refractivity contribution in [2.75, 3.05) is 5.75 Å². The van der Waals surface area contributed by atoms with Crippen molar-refractivity contribution in [3.63, 3.8) is 0 Å². The molecule has 0 bridgehead atoms. The lowest BCUT2D eigenvalue weighted by molar-refractivity contribution is 0.190. The summed E-state index contributed by atoms with van der Waals surface area (Å²) in [5, 5.41) is 1.04. The van der Waals surface area contributed by atoms with E-state index in [1.54, 1.807) is 11.8 Å². The number of rotatable bonds is 1. The predicted molar refractivity (Wildman–Crippen MR) is 62.2 cm³/mol. The van der Waals surface area contributed by atoms with Crippen molar-refractivity contribution in [3.05, 3.63) is 40.5 Å². The van der Waals surface area contributed by atoms with Gasteiger partial charge in [0.25, 0.3) is 0 Å². The van der Waals surface area contributed by atoms with Crippen LogP contribution in [0.3, 0.4) is 0 Å². The Hall–Kier alpha value is -0.890. The Kier molecular flexibility index (Phi) is 2.82. The van der Waals surface area contributed by atoms with Gasteiger partial charge in [-0.2, -0.15) is 0 Å². The second kappa shape index (κ2) is 4.09. The molecular weight excluding hydrogens is 192 g/mol. The van der Waals surface area contributed by atoms with Crippen LogP contribution in [0, 0.1) is 6.92 Å². The van der Waals surface area contributed by atoms with Gasteiger partial charge in [0.15, 0.2) is 5.09 Å². The minimum absolute atomic E-state index is 0.358. The third-order valence-corrected chi connectivity index (χ3v) is 3.27. The van der Waals surface area contributed by atoms with Crippen molar-refractivity contribution in [2.45, 2.75) is 20.0 Å². The smallest absolute Gasteiger partial charge is 0.154 e. The number of benzene rings is 1. The van der Waals surface area contributed by atoms with Crippen molar-refractivity contribution < 1.29 is 4.74 Å². The van der Waals surface area contributed by atoms with Crippen LogP contribution in [-0.2, 0) is 4.74 Å². The van der Waals surface area contributed by atoms with E-state index in [-0.39, 0.29) is 0 Å². The third kappa shape index (κ3) is 2.32. The Morgan fingerprint density at radius 1 is 1.36 bits per heavy atom. The summed E-state index contributed by atoms with van der Waals surface area (Å²) in [5.41, 5.74) is 2.51. The van der Waals surface area contributed by atoms with E-state index < -0.39 is 0 Å². The number of hydrogen-bond donors (Lipinski definition) is 0. The van der Waals surface area contributed by atoms with Gasteiger partial charge in [-0.25, -0.2) is 0 Å². The maximum atomic E-state index is 5.62. The lowest BCUT2D eigenvalue weighted by atomic mass is 10.1. The van der Waals surface area contributed by atoms with Crippen molar-refractivity contribution in [1.82, 2.24) is 0 Å². The van der Waals surface area contributed by atoms with Crippen LogP contribution in [0.25, 0.3) is 6.08 Å². The van der Waals surface area contributed by atoms with Gasteiger partial charge >= 0.3 is 0 Å². The fraction of sp³-hybridized carbons (Fsp3) is 0.333. The molecule has 0 aliphatic carbocycles. The van der Waals surface area contributed by atoms with Crippen LogP contribution in [0.1, 0.15) is 18.1 Å². The van der Waals surface area contributed by atoms with Crippen molar-refractivity contribution in [3.8, 4) is 0 Å². The highest BCUT2D eigenvalue weighted by atomic mass is 32.2. The zero-order valence-corrected chi connectivity index (χ0v) is 9.30. The molecule has 0 amide bonds. The Balaban J connectivity index is 2.13. The minimum atomic E-state index is 0.358. The maximum Gasteiger partial charge on any atom is 0.154 e. The van der Waals surface area contributed by atoms with Gasteiger partial charge in [0, 0.05) is 5.75 Å². The number of thioether (sulfide) groups is 1. The van der Waals surface area contributed by atoms with Gasteiger partial charge in [0.1, 0.15) is 6.10 Å². The molecule has 14 heavy (non-hydrogen) atoms. The minimum Gasteiger partial charge on any atom is -0.484 e. The number of aryl methyl sites for hydroxylation is 1. The van der Waals surface area contributed by atoms with E-state index >= 15 is 0 Å². The molecule has 1 aromatic carbocycles. The molecule has 1 aliphatic heterocycles. The van der Waals surface area contributed by atoms with Crippen LogP contribution in [0.15, 0.2) is 29.4 Å². The first kappa shape index (κ1) is 9.66. The Morgan fingerprint density at radius 3 is 2.64 bits per heavy atom. The summed E-state index contributed by atoms with van der Waals surface area (Å²) in [5.74, 6) is 1.07. The summed E-state index contributed by atoms with van der Waals surface area (Å²) in [7, 11) is 0. The predicted octanol–water partition coefficient (Wildman–Crippen LogP) is 3.45. The van der Waals surface area contributed by atoms with Gasteiger partial charge < -0.3 is 4.74 Å². The molecular formula is C12H14OS. The van der Waals surface area contributed by atoms with Crippen LogP contribution in [0.5, 0.6) is 0 Å². The summed E-state index contributed by atoms with van der Waals surface area (Å²) >= 11 is 1.79. The molecule has 0 N–H and O–H groups in total. The maximum absolute atomic E-state index is 5.62. The quantitative estimate of drug-likeness (QED) is 0.696. The van der Waals surface area contributed by atoms with E-state index in [1.807, 2.05) is 0 Å². The summed E-state index contributed by atoms with van der Waals surface area (Å²) < 4.78 is 5.62.